The number of carboxylic acid groups (broad SMARTS) is 1. The van der Waals surface area contributed by atoms with Crippen LogP contribution in [0.2, 0.25) is 0 Å². The second-order valence-corrected chi connectivity index (χ2v) is 9.78. The number of hydrogen-bond acceptors (Lipinski definition) is 3. The van der Waals surface area contributed by atoms with Gasteiger partial charge in [0.25, 0.3) is 10.2 Å². The Hall–Kier alpha value is -1.91. The highest BCUT2D eigenvalue weighted by Gasteiger charge is 2.60. The summed E-state index contributed by atoms with van der Waals surface area (Å²) in [4.78, 5) is 10.7. The number of rotatable bonds is 3. The molecule has 29 heavy (non-hydrogen) atoms. The summed E-state index contributed by atoms with van der Waals surface area (Å²) in [5, 5.41) is 8.80. The molecule has 3 atom stereocenters. The summed E-state index contributed by atoms with van der Waals surface area (Å²) in [6, 6.07) is 5.60. The van der Waals surface area contributed by atoms with Crippen molar-refractivity contribution in [2.45, 2.75) is 37.4 Å². The van der Waals surface area contributed by atoms with Crippen molar-refractivity contribution in [2.75, 3.05) is 13.1 Å². The highest BCUT2D eigenvalue weighted by molar-refractivity contribution is 7.87. The third-order valence-electron chi connectivity index (χ3n) is 6.35. The Morgan fingerprint density at radius 2 is 1.90 bits per heavy atom. The van der Waals surface area contributed by atoms with Gasteiger partial charge in [0.2, 0.25) is 0 Å². The van der Waals surface area contributed by atoms with E-state index >= 15 is 0 Å². The van der Waals surface area contributed by atoms with E-state index in [2.05, 4.69) is 4.72 Å². The van der Waals surface area contributed by atoms with Crippen molar-refractivity contribution in [3.63, 3.8) is 0 Å². The smallest absolute Gasteiger partial charge is 0.402 e. The molecule has 0 unspecified atom stereocenters. The number of fused-ring (bicyclic) bond motifs is 1. The van der Waals surface area contributed by atoms with Gasteiger partial charge in [-0.25, -0.2) is 4.79 Å². The zero-order valence-electron chi connectivity index (χ0n) is 15.4. The number of benzene rings is 1. The fourth-order valence-corrected chi connectivity index (χ4v) is 6.84. The Morgan fingerprint density at radius 1 is 1.24 bits per heavy atom. The highest BCUT2D eigenvalue weighted by atomic mass is 32.2. The molecule has 1 aliphatic heterocycles. The van der Waals surface area contributed by atoms with E-state index in [9.17, 15) is 26.4 Å². The minimum atomic E-state index is -4.60. The van der Waals surface area contributed by atoms with Crippen molar-refractivity contribution in [3.8, 4) is 0 Å². The van der Waals surface area contributed by atoms with Gasteiger partial charge in [-0.2, -0.15) is 30.6 Å². The maximum Gasteiger partial charge on any atom is 0.402 e. The van der Waals surface area contributed by atoms with Crippen LogP contribution in [-0.4, -0.2) is 48.6 Å². The van der Waals surface area contributed by atoms with Crippen molar-refractivity contribution in [2.24, 2.45) is 11.8 Å². The molecular formula is C19H21F3N2O4S. The molecule has 0 amide bonds. The van der Waals surface area contributed by atoms with E-state index in [1.807, 2.05) is 12.1 Å². The molecule has 158 valence electrons. The summed E-state index contributed by atoms with van der Waals surface area (Å²) in [5.74, 6) is -1.24. The van der Waals surface area contributed by atoms with Gasteiger partial charge in [-0.05, 0) is 60.3 Å². The van der Waals surface area contributed by atoms with Crippen LogP contribution < -0.4 is 4.72 Å². The Morgan fingerprint density at radius 3 is 2.52 bits per heavy atom. The van der Waals surface area contributed by atoms with E-state index in [0.717, 1.165) is 35.6 Å². The maximum atomic E-state index is 12.9. The van der Waals surface area contributed by atoms with Crippen LogP contribution in [0, 0.1) is 11.8 Å². The summed E-state index contributed by atoms with van der Waals surface area (Å²) >= 11 is 0. The van der Waals surface area contributed by atoms with Crippen LogP contribution in [0.5, 0.6) is 0 Å². The summed E-state index contributed by atoms with van der Waals surface area (Å²) < 4.78 is 66.8. The second-order valence-electron chi connectivity index (χ2n) is 8.11. The van der Waals surface area contributed by atoms with Gasteiger partial charge in [0, 0.05) is 12.6 Å². The SMILES string of the molecule is O=C(O)/C=C/c1ccc2c(c1)C[C@@H]1CC[C@H](C2)[C@]12CN(CC(F)(F)F)S(=O)(=O)N2. The van der Waals surface area contributed by atoms with Crippen LogP contribution in [0.4, 0.5) is 13.2 Å². The fraction of sp³-hybridized carbons (Fsp3) is 0.526. The molecule has 1 aromatic carbocycles. The van der Waals surface area contributed by atoms with E-state index in [1.54, 1.807) is 6.07 Å². The summed E-state index contributed by atoms with van der Waals surface area (Å²) in [5.41, 5.74) is 1.86. The molecule has 10 heteroatoms. The number of alkyl halides is 3. The zero-order chi connectivity index (χ0) is 21.0. The first kappa shape index (κ1) is 20.4. The van der Waals surface area contributed by atoms with Crippen molar-refractivity contribution >= 4 is 22.3 Å². The number of halogens is 3. The van der Waals surface area contributed by atoms with Crippen LogP contribution >= 0.6 is 0 Å². The van der Waals surface area contributed by atoms with Gasteiger partial charge in [0.1, 0.15) is 6.54 Å². The topological polar surface area (TPSA) is 86.7 Å². The molecule has 1 aromatic rings. The fourth-order valence-electron chi connectivity index (χ4n) is 5.14. The van der Waals surface area contributed by atoms with Gasteiger partial charge in [0.05, 0.1) is 5.54 Å². The molecule has 2 bridgehead atoms. The number of nitrogens with zero attached hydrogens (tertiary/aromatic N) is 1. The number of carbonyl (C=O) groups is 1. The number of hydrogen-bond donors (Lipinski definition) is 2. The maximum absolute atomic E-state index is 12.9. The lowest BCUT2D eigenvalue weighted by molar-refractivity contribution is -0.136. The Bertz CT molecular complexity index is 976. The molecule has 0 radical (unpaired) electrons. The molecule has 1 heterocycles. The third-order valence-corrected chi connectivity index (χ3v) is 7.93. The molecule has 0 aromatic heterocycles. The van der Waals surface area contributed by atoms with Gasteiger partial charge in [-0.3, -0.25) is 0 Å². The standard InChI is InChI=1S/C19H21F3N2O4S/c20-19(21,22)11-24-10-18(23-29(24,27)28)15-4-5-16(18)9-14-7-12(2-6-17(25)26)1-3-13(14)8-15/h1-3,6-7,15-16,23H,4-5,8-11H2,(H,25,26)/b6-2+/t15-,16+,18-/m1/s1. The molecule has 2 fully saturated rings. The quantitative estimate of drug-likeness (QED) is 0.721. The molecule has 6 nitrogen and oxygen atoms in total. The predicted octanol–water partition coefficient (Wildman–Crippen LogP) is 2.36. The molecule has 4 rings (SSSR count). The number of nitrogens with one attached hydrogen (secondary N) is 1. The van der Waals surface area contributed by atoms with E-state index in [0.29, 0.717) is 17.1 Å². The number of carboxylic acids is 1. The van der Waals surface area contributed by atoms with Gasteiger partial charge < -0.3 is 5.11 Å². The average Bonchev–Trinajstić information content (AvgIpc) is 2.97. The summed E-state index contributed by atoms with van der Waals surface area (Å²) in [6.45, 7) is -1.66. The van der Waals surface area contributed by atoms with E-state index in [-0.39, 0.29) is 18.4 Å². The molecule has 1 spiro atoms. The Labute approximate surface area is 166 Å². The van der Waals surface area contributed by atoms with Gasteiger partial charge in [-0.15, -0.1) is 0 Å². The van der Waals surface area contributed by atoms with E-state index in [4.69, 9.17) is 5.11 Å². The molecular weight excluding hydrogens is 409 g/mol. The average molecular weight is 430 g/mol. The molecule has 2 aliphatic carbocycles. The Balaban J connectivity index is 1.65. The second kappa shape index (κ2) is 6.82. The van der Waals surface area contributed by atoms with Crippen molar-refractivity contribution in [1.82, 2.24) is 9.03 Å². The molecule has 1 saturated carbocycles. The number of aliphatic carboxylic acids is 1. The van der Waals surface area contributed by atoms with E-state index < -0.39 is 34.4 Å². The minimum absolute atomic E-state index is 0.0813. The normalized spacial score (nSPS) is 31.3. The van der Waals surface area contributed by atoms with Gasteiger partial charge in [-0.1, -0.05) is 18.2 Å². The van der Waals surface area contributed by atoms with Gasteiger partial charge in [0.15, 0.2) is 0 Å². The minimum Gasteiger partial charge on any atom is -0.478 e. The van der Waals surface area contributed by atoms with Crippen molar-refractivity contribution in [3.05, 3.63) is 41.0 Å². The van der Waals surface area contributed by atoms with Gasteiger partial charge >= 0.3 is 12.1 Å². The molecule has 1 saturated heterocycles. The lowest BCUT2D eigenvalue weighted by Crippen LogP contribution is -2.52. The summed E-state index contributed by atoms with van der Waals surface area (Å²) in [6.07, 6.45) is 0.560. The third kappa shape index (κ3) is 3.80. The van der Waals surface area contributed by atoms with Crippen LogP contribution in [0.15, 0.2) is 24.3 Å². The van der Waals surface area contributed by atoms with Crippen molar-refractivity contribution < 1.29 is 31.5 Å². The zero-order valence-corrected chi connectivity index (χ0v) is 16.3. The first-order valence-electron chi connectivity index (χ1n) is 9.37. The van der Waals surface area contributed by atoms with Crippen LogP contribution in [0.25, 0.3) is 6.08 Å². The molecule has 3 aliphatic rings. The van der Waals surface area contributed by atoms with Crippen LogP contribution in [0.3, 0.4) is 0 Å². The van der Waals surface area contributed by atoms with Crippen LogP contribution in [0.1, 0.15) is 29.5 Å². The largest absolute Gasteiger partial charge is 0.478 e. The van der Waals surface area contributed by atoms with Crippen molar-refractivity contribution in [1.29, 1.82) is 0 Å². The summed E-state index contributed by atoms with van der Waals surface area (Å²) in [7, 11) is -4.20. The highest BCUT2D eigenvalue weighted by Crippen LogP contribution is 2.50. The molecule has 2 N–H and O–H groups in total. The monoisotopic (exact) mass is 430 g/mol. The predicted molar refractivity (Wildman–Crippen MR) is 99.1 cm³/mol. The van der Waals surface area contributed by atoms with E-state index in [1.165, 1.54) is 6.08 Å². The lowest BCUT2D eigenvalue weighted by Gasteiger charge is -2.33. The first-order valence-corrected chi connectivity index (χ1v) is 10.8. The Kier molecular flexibility index (Phi) is 4.79. The van der Waals surface area contributed by atoms with Crippen LogP contribution in [-0.2, 0) is 27.8 Å². The first-order chi connectivity index (χ1) is 13.5. The lowest BCUT2D eigenvalue weighted by atomic mass is 9.79.